The molecule has 76 valence electrons. The van der Waals surface area contributed by atoms with Crippen LogP contribution >= 0.6 is 0 Å². The van der Waals surface area contributed by atoms with E-state index >= 15 is 0 Å². The molecule has 0 aliphatic carbocycles. The number of hydrogen-bond donors (Lipinski definition) is 2. The third-order valence-corrected chi connectivity index (χ3v) is 1.99. The monoisotopic (exact) mass is 197 g/mol. The van der Waals surface area contributed by atoms with Gasteiger partial charge in [0.2, 0.25) is 0 Å². The molecule has 4 heteroatoms. The second-order valence-electron chi connectivity index (χ2n) is 3.02. The van der Waals surface area contributed by atoms with Gasteiger partial charge in [-0.05, 0) is 18.4 Å². The van der Waals surface area contributed by atoms with E-state index < -0.39 is 12.0 Å². The van der Waals surface area contributed by atoms with Crippen LogP contribution in [0.4, 0.5) is 4.48 Å². The van der Waals surface area contributed by atoms with Crippen molar-refractivity contribution < 1.29 is 14.4 Å². The summed E-state index contributed by atoms with van der Waals surface area (Å²) in [5, 5.41) is 8.55. The average Bonchev–Trinajstić information content (AvgIpc) is 2.20. The molecule has 0 heterocycles. The molecule has 0 bridgehead atoms. The van der Waals surface area contributed by atoms with Gasteiger partial charge in [0.05, 0.1) is 0 Å². The first-order chi connectivity index (χ1) is 6.74. The molecule has 1 aromatic rings. The molecule has 14 heavy (non-hydrogen) atoms. The highest BCUT2D eigenvalue weighted by molar-refractivity contribution is 5.73. The first kappa shape index (κ1) is 10.7. The first-order valence-electron chi connectivity index (χ1n) is 4.37. The SMILES string of the molecule is O=C(O)[C@H](CCc1ccccc1)NF. The Bertz CT molecular complexity index is 289. The number of benzene rings is 1. The molecule has 0 unspecified atom stereocenters. The third kappa shape index (κ3) is 3.14. The topological polar surface area (TPSA) is 49.3 Å². The molecule has 0 saturated heterocycles. The van der Waals surface area contributed by atoms with Crippen molar-refractivity contribution in [1.29, 1.82) is 0 Å². The molecule has 1 rings (SSSR count). The molecule has 0 radical (unpaired) electrons. The Labute approximate surface area is 81.5 Å². The van der Waals surface area contributed by atoms with E-state index in [1.54, 1.807) is 0 Å². The van der Waals surface area contributed by atoms with Crippen LogP contribution in [0.3, 0.4) is 0 Å². The molecule has 0 spiro atoms. The van der Waals surface area contributed by atoms with Gasteiger partial charge >= 0.3 is 5.97 Å². The van der Waals surface area contributed by atoms with E-state index in [4.69, 9.17) is 5.11 Å². The highest BCUT2D eigenvalue weighted by atomic mass is 19.2. The predicted molar refractivity (Wildman–Crippen MR) is 50.4 cm³/mol. The van der Waals surface area contributed by atoms with Crippen molar-refractivity contribution in [2.24, 2.45) is 0 Å². The van der Waals surface area contributed by atoms with Crippen LogP contribution in [-0.4, -0.2) is 17.1 Å². The van der Waals surface area contributed by atoms with Gasteiger partial charge in [0, 0.05) is 0 Å². The van der Waals surface area contributed by atoms with Crippen molar-refractivity contribution in [2.75, 3.05) is 0 Å². The summed E-state index contributed by atoms with van der Waals surface area (Å²) in [6.45, 7) is 0. The molecule has 0 aliphatic rings. The van der Waals surface area contributed by atoms with Crippen molar-refractivity contribution >= 4 is 5.97 Å². The summed E-state index contributed by atoms with van der Waals surface area (Å²) < 4.78 is 12.0. The van der Waals surface area contributed by atoms with Crippen molar-refractivity contribution in [1.82, 2.24) is 5.54 Å². The maximum atomic E-state index is 12.0. The Hall–Kier alpha value is -1.42. The third-order valence-electron chi connectivity index (χ3n) is 1.99. The Balaban J connectivity index is 2.44. The summed E-state index contributed by atoms with van der Waals surface area (Å²) in [6.07, 6.45) is 0.796. The number of aryl methyl sites for hydroxylation is 1. The normalized spacial score (nSPS) is 12.4. The number of carboxylic acid groups (broad SMARTS) is 1. The molecule has 2 N–H and O–H groups in total. The Morgan fingerprint density at radius 1 is 1.43 bits per heavy atom. The molecular weight excluding hydrogens is 185 g/mol. The van der Waals surface area contributed by atoms with Crippen molar-refractivity contribution in [3.63, 3.8) is 0 Å². The lowest BCUT2D eigenvalue weighted by atomic mass is 10.1. The van der Waals surface area contributed by atoms with Crippen LogP contribution in [0.25, 0.3) is 0 Å². The summed E-state index contributed by atoms with van der Waals surface area (Å²) in [7, 11) is 0. The van der Waals surface area contributed by atoms with Gasteiger partial charge in [-0.3, -0.25) is 4.79 Å². The Morgan fingerprint density at radius 3 is 2.57 bits per heavy atom. The fraction of sp³-hybridized carbons (Fsp3) is 0.300. The molecule has 0 aromatic heterocycles. The first-order valence-corrected chi connectivity index (χ1v) is 4.37. The minimum Gasteiger partial charge on any atom is -0.480 e. The highest BCUT2D eigenvalue weighted by Crippen LogP contribution is 2.05. The number of hydrogen-bond acceptors (Lipinski definition) is 2. The maximum absolute atomic E-state index is 12.0. The zero-order valence-corrected chi connectivity index (χ0v) is 7.61. The van der Waals surface area contributed by atoms with Gasteiger partial charge in [-0.2, -0.15) is 0 Å². The molecule has 0 aliphatic heterocycles. The summed E-state index contributed by atoms with van der Waals surface area (Å²) in [5.41, 5.74) is 2.28. The number of rotatable bonds is 5. The minimum absolute atomic E-state index is 0.246. The fourth-order valence-corrected chi connectivity index (χ4v) is 1.18. The lowest BCUT2D eigenvalue weighted by Crippen LogP contribution is -2.31. The van der Waals surface area contributed by atoms with E-state index in [-0.39, 0.29) is 6.42 Å². The van der Waals surface area contributed by atoms with Gasteiger partial charge < -0.3 is 5.11 Å². The standard InChI is InChI=1S/C10H12FNO2/c11-12-9(10(13)14)7-6-8-4-2-1-3-5-8/h1-5,9,12H,6-7H2,(H,13,14)/t9-/m0/s1. The van der Waals surface area contributed by atoms with Crippen LogP contribution in [0.5, 0.6) is 0 Å². The molecule has 1 aromatic carbocycles. The van der Waals surface area contributed by atoms with Crippen LogP contribution in [0.2, 0.25) is 0 Å². The summed E-state index contributed by atoms with van der Waals surface area (Å²) in [4.78, 5) is 10.4. The second kappa shape index (κ2) is 5.34. The van der Waals surface area contributed by atoms with Crippen molar-refractivity contribution in [3.05, 3.63) is 35.9 Å². The summed E-state index contributed by atoms with van der Waals surface area (Å²) >= 11 is 0. The van der Waals surface area contributed by atoms with Crippen LogP contribution in [-0.2, 0) is 11.2 Å². The maximum Gasteiger partial charge on any atom is 0.323 e. The predicted octanol–water partition coefficient (Wildman–Crippen LogP) is 1.55. The van der Waals surface area contributed by atoms with Gasteiger partial charge in [0.25, 0.3) is 0 Å². The van der Waals surface area contributed by atoms with Gasteiger partial charge in [0.1, 0.15) is 6.04 Å². The van der Waals surface area contributed by atoms with Gasteiger partial charge in [-0.25, -0.2) is 0 Å². The van der Waals surface area contributed by atoms with E-state index in [1.807, 2.05) is 30.3 Å². The van der Waals surface area contributed by atoms with E-state index in [2.05, 4.69) is 0 Å². The largest absolute Gasteiger partial charge is 0.480 e. The number of carbonyl (C=O) groups is 1. The highest BCUT2D eigenvalue weighted by Gasteiger charge is 2.15. The summed E-state index contributed by atoms with van der Waals surface area (Å²) in [5.74, 6) is -1.16. The minimum atomic E-state index is -1.16. The van der Waals surface area contributed by atoms with E-state index in [0.29, 0.717) is 6.42 Å². The van der Waals surface area contributed by atoms with Gasteiger partial charge in [0.15, 0.2) is 0 Å². The number of nitrogens with one attached hydrogen (secondary N) is 1. The van der Waals surface area contributed by atoms with E-state index in [1.165, 1.54) is 5.54 Å². The van der Waals surface area contributed by atoms with Crippen LogP contribution in [0, 0.1) is 0 Å². The zero-order chi connectivity index (χ0) is 10.4. The second-order valence-corrected chi connectivity index (χ2v) is 3.02. The molecular formula is C10H12FNO2. The van der Waals surface area contributed by atoms with Crippen molar-refractivity contribution in [2.45, 2.75) is 18.9 Å². The average molecular weight is 197 g/mol. The summed E-state index contributed by atoms with van der Waals surface area (Å²) in [6, 6.07) is 8.28. The van der Waals surface area contributed by atoms with Crippen LogP contribution in [0.1, 0.15) is 12.0 Å². The quantitative estimate of drug-likeness (QED) is 0.704. The number of aliphatic carboxylic acids is 1. The Kier molecular flexibility index (Phi) is 4.07. The fourth-order valence-electron chi connectivity index (χ4n) is 1.18. The Morgan fingerprint density at radius 2 is 2.07 bits per heavy atom. The van der Waals surface area contributed by atoms with Crippen molar-refractivity contribution in [3.8, 4) is 0 Å². The lowest BCUT2D eigenvalue weighted by Gasteiger charge is -2.07. The zero-order valence-electron chi connectivity index (χ0n) is 7.61. The van der Waals surface area contributed by atoms with E-state index in [9.17, 15) is 9.28 Å². The molecule has 0 fully saturated rings. The van der Waals surface area contributed by atoms with Gasteiger partial charge in [-0.1, -0.05) is 30.3 Å². The lowest BCUT2D eigenvalue weighted by molar-refractivity contribution is -0.141. The molecule has 0 amide bonds. The van der Waals surface area contributed by atoms with E-state index in [0.717, 1.165) is 5.56 Å². The molecule has 3 nitrogen and oxygen atoms in total. The van der Waals surface area contributed by atoms with Gasteiger partial charge in [-0.15, -0.1) is 10.0 Å². The molecule has 0 saturated carbocycles. The number of halogens is 1. The van der Waals surface area contributed by atoms with Crippen LogP contribution < -0.4 is 5.54 Å². The molecule has 1 atom stereocenters. The number of carboxylic acids is 1. The van der Waals surface area contributed by atoms with Crippen LogP contribution in [0.15, 0.2) is 30.3 Å². The smallest absolute Gasteiger partial charge is 0.323 e.